The summed E-state index contributed by atoms with van der Waals surface area (Å²) in [6, 6.07) is 0. The molecule has 0 N–H and O–H groups in total. The quantitative estimate of drug-likeness (QED) is 0.565. The molecule has 0 aliphatic carbocycles. The summed E-state index contributed by atoms with van der Waals surface area (Å²) in [5.74, 6) is 1.14. The maximum absolute atomic E-state index is 4.21. The molecule has 2 unspecified atom stereocenters. The highest BCUT2D eigenvalue weighted by atomic mass is 15.2. The van der Waals surface area contributed by atoms with Crippen LogP contribution in [0.4, 0.5) is 0 Å². The average molecular weight is 192 g/mol. The molecular formula is C10H16N4. The van der Waals surface area contributed by atoms with Gasteiger partial charge in [-0.15, -0.1) is 5.10 Å². The van der Waals surface area contributed by atoms with Crippen molar-refractivity contribution < 1.29 is 0 Å². The van der Waals surface area contributed by atoms with Crippen molar-refractivity contribution in [2.45, 2.75) is 27.7 Å². The van der Waals surface area contributed by atoms with Crippen molar-refractivity contribution in [2.24, 2.45) is 31.5 Å². The standard InChI is InChI=1S/C8H10N4.C2H6/c1-6-7-9-3-8(6,2)4-11-12-5-10-7;1-2/h3-6H,1-2H3;1-2H3/b10-7?,11-4?,12-5-;. The van der Waals surface area contributed by atoms with Crippen LogP contribution in [-0.4, -0.2) is 24.6 Å². The number of aliphatic imine (C=N–C) groups is 2. The first-order valence-electron chi connectivity index (χ1n) is 4.91. The largest absolute Gasteiger partial charge is 0.244 e. The Hall–Kier alpha value is -1.32. The summed E-state index contributed by atoms with van der Waals surface area (Å²) >= 11 is 0. The lowest BCUT2D eigenvalue weighted by Crippen LogP contribution is -2.28. The molecule has 0 fully saturated rings. The van der Waals surface area contributed by atoms with Crippen molar-refractivity contribution in [3.8, 4) is 0 Å². The van der Waals surface area contributed by atoms with Gasteiger partial charge in [-0.2, -0.15) is 5.10 Å². The van der Waals surface area contributed by atoms with Gasteiger partial charge in [0.1, 0.15) is 12.2 Å². The summed E-state index contributed by atoms with van der Waals surface area (Å²) in [6.45, 7) is 8.17. The minimum atomic E-state index is -0.101. The van der Waals surface area contributed by atoms with Crippen molar-refractivity contribution in [3.05, 3.63) is 0 Å². The van der Waals surface area contributed by atoms with Crippen LogP contribution in [0.15, 0.2) is 20.2 Å². The SMILES string of the molecule is CC.CC1C2=N/C=N\N=CC1(C)C=N2. The molecule has 2 aliphatic heterocycles. The van der Waals surface area contributed by atoms with Crippen molar-refractivity contribution in [1.82, 2.24) is 0 Å². The molecule has 0 aromatic carbocycles. The number of hydrogen-bond donors (Lipinski definition) is 0. The second kappa shape index (κ2) is 4.26. The Morgan fingerprint density at radius 1 is 1.21 bits per heavy atom. The Kier molecular flexibility index (Phi) is 3.28. The molecule has 76 valence electrons. The molecule has 2 aliphatic rings. The minimum Gasteiger partial charge on any atom is -0.244 e. The predicted molar refractivity (Wildman–Crippen MR) is 61.5 cm³/mol. The lowest BCUT2D eigenvalue weighted by atomic mass is 9.82. The molecule has 2 bridgehead atoms. The van der Waals surface area contributed by atoms with Crippen LogP contribution in [0.5, 0.6) is 0 Å². The molecular weight excluding hydrogens is 176 g/mol. The number of hydrogen-bond acceptors (Lipinski definition) is 4. The van der Waals surface area contributed by atoms with E-state index in [1.54, 1.807) is 0 Å². The zero-order valence-electron chi connectivity index (χ0n) is 9.10. The molecule has 2 atom stereocenters. The smallest absolute Gasteiger partial charge is 0.140 e. The molecule has 0 aromatic rings. The number of amidine groups is 1. The fraction of sp³-hybridized carbons (Fsp3) is 0.600. The number of nitrogens with zero attached hydrogens (tertiary/aromatic N) is 4. The average Bonchev–Trinajstić information content (AvgIpc) is 2.53. The van der Waals surface area contributed by atoms with Gasteiger partial charge in [-0.05, 0) is 6.92 Å². The fourth-order valence-corrected chi connectivity index (χ4v) is 1.27. The Morgan fingerprint density at radius 2 is 1.93 bits per heavy atom. The van der Waals surface area contributed by atoms with Crippen LogP contribution in [-0.2, 0) is 0 Å². The number of fused-ring (bicyclic) bond motifs is 2. The monoisotopic (exact) mass is 192 g/mol. The van der Waals surface area contributed by atoms with E-state index >= 15 is 0 Å². The highest BCUT2D eigenvalue weighted by molar-refractivity contribution is 6.09. The third-order valence-corrected chi connectivity index (χ3v) is 2.44. The molecule has 0 spiro atoms. The van der Waals surface area contributed by atoms with Crippen molar-refractivity contribution in [3.63, 3.8) is 0 Å². The predicted octanol–water partition coefficient (Wildman–Crippen LogP) is 2.17. The lowest BCUT2D eigenvalue weighted by molar-refractivity contribution is 0.556. The number of rotatable bonds is 0. The van der Waals surface area contributed by atoms with E-state index in [0.29, 0.717) is 5.92 Å². The van der Waals surface area contributed by atoms with E-state index in [1.165, 1.54) is 6.34 Å². The molecule has 2 heterocycles. The molecule has 14 heavy (non-hydrogen) atoms. The van der Waals surface area contributed by atoms with Gasteiger partial charge in [0.2, 0.25) is 0 Å². The van der Waals surface area contributed by atoms with Crippen molar-refractivity contribution >= 4 is 24.6 Å². The van der Waals surface area contributed by atoms with Crippen molar-refractivity contribution in [2.75, 3.05) is 0 Å². The molecule has 0 saturated heterocycles. The third kappa shape index (κ3) is 1.78. The summed E-state index contributed by atoms with van der Waals surface area (Å²) in [4.78, 5) is 8.30. The van der Waals surface area contributed by atoms with Crippen LogP contribution in [0.3, 0.4) is 0 Å². The van der Waals surface area contributed by atoms with Crippen molar-refractivity contribution in [1.29, 1.82) is 0 Å². The van der Waals surface area contributed by atoms with Gasteiger partial charge >= 0.3 is 0 Å². The van der Waals surface area contributed by atoms with Gasteiger partial charge in [-0.25, -0.2) is 9.98 Å². The van der Waals surface area contributed by atoms with E-state index in [1.807, 2.05) is 26.3 Å². The van der Waals surface area contributed by atoms with Crippen LogP contribution >= 0.6 is 0 Å². The Morgan fingerprint density at radius 3 is 2.64 bits per heavy atom. The highest BCUT2D eigenvalue weighted by Gasteiger charge is 2.36. The van der Waals surface area contributed by atoms with Gasteiger partial charge in [0.25, 0.3) is 0 Å². The first kappa shape index (κ1) is 10.8. The molecule has 0 aromatic heterocycles. The first-order valence-corrected chi connectivity index (χ1v) is 4.91. The van der Waals surface area contributed by atoms with E-state index in [-0.39, 0.29) is 5.41 Å². The van der Waals surface area contributed by atoms with Gasteiger partial charge in [-0.1, -0.05) is 20.8 Å². The Bertz CT molecular complexity index is 314. The van der Waals surface area contributed by atoms with Gasteiger partial charge in [0.05, 0.1) is 0 Å². The first-order chi connectivity index (χ1) is 6.72. The molecule has 0 radical (unpaired) electrons. The van der Waals surface area contributed by atoms with E-state index in [9.17, 15) is 0 Å². The summed E-state index contributed by atoms with van der Waals surface area (Å²) in [5.41, 5.74) is -0.101. The topological polar surface area (TPSA) is 49.4 Å². The second-order valence-electron chi connectivity index (χ2n) is 3.31. The maximum atomic E-state index is 4.21. The van der Waals surface area contributed by atoms with Gasteiger partial charge < -0.3 is 0 Å². The van der Waals surface area contributed by atoms with Crippen LogP contribution in [0.2, 0.25) is 0 Å². The highest BCUT2D eigenvalue weighted by Crippen LogP contribution is 2.30. The van der Waals surface area contributed by atoms with Crippen LogP contribution in [0.1, 0.15) is 27.7 Å². The van der Waals surface area contributed by atoms with E-state index in [4.69, 9.17) is 0 Å². The molecule has 2 rings (SSSR count). The summed E-state index contributed by atoms with van der Waals surface area (Å²) < 4.78 is 0. The fourth-order valence-electron chi connectivity index (χ4n) is 1.27. The van der Waals surface area contributed by atoms with Gasteiger partial charge in [-0.3, -0.25) is 0 Å². The maximum Gasteiger partial charge on any atom is 0.140 e. The lowest BCUT2D eigenvalue weighted by Gasteiger charge is -2.20. The van der Waals surface area contributed by atoms with E-state index in [2.05, 4.69) is 34.0 Å². The van der Waals surface area contributed by atoms with E-state index in [0.717, 1.165) is 5.84 Å². The Balaban J connectivity index is 0.000000461. The molecule has 0 saturated carbocycles. The molecule has 0 amide bonds. The van der Waals surface area contributed by atoms with Crippen LogP contribution in [0, 0.1) is 11.3 Å². The summed E-state index contributed by atoms with van der Waals surface area (Å²) in [7, 11) is 0. The van der Waals surface area contributed by atoms with E-state index < -0.39 is 0 Å². The summed E-state index contributed by atoms with van der Waals surface area (Å²) in [5, 5.41) is 7.61. The minimum absolute atomic E-state index is 0.101. The molecule has 4 heteroatoms. The second-order valence-corrected chi connectivity index (χ2v) is 3.31. The Labute approximate surface area is 84.6 Å². The third-order valence-electron chi connectivity index (χ3n) is 2.44. The zero-order chi connectivity index (χ0) is 10.6. The van der Waals surface area contributed by atoms with Gasteiger partial charge in [0.15, 0.2) is 0 Å². The normalized spacial score (nSPS) is 35.1. The summed E-state index contributed by atoms with van der Waals surface area (Å²) in [6.07, 6.45) is 5.14. The zero-order valence-corrected chi connectivity index (χ0v) is 9.10. The van der Waals surface area contributed by atoms with Crippen LogP contribution < -0.4 is 0 Å². The van der Waals surface area contributed by atoms with Gasteiger partial charge in [0, 0.05) is 23.8 Å². The van der Waals surface area contributed by atoms with Crippen LogP contribution in [0.25, 0.3) is 0 Å². The molecule has 4 nitrogen and oxygen atoms in total.